The number of para-hydroxylation sites is 1. The molecule has 116 valence electrons. The largest absolute Gasteiger partial charge is 0.384 e. The van der Waals surface area contributed by atoms with Gasteiger partial charge in [-0.2, -0.15) is 0 Å². The van der Waals surface area contributed by atoms with E-state index in [1.54, 1.807) is 0 Å². The minimum Gasteiger partial charge on any atom is -0.384 e. The van der Waals surface area contributed by atoms with Gasteiger partial charge in [-0.05, 0) is 44.5 Å². The van der Waals surface area contributed by atoms with E-state index in [4.69, 9.17) is 0 Å². The summed E-state index contributed by atoms with van der Waals surface area (Å²) < 4.78 is 0. The van der Waals surface area contributed by atoms with Crippen LogP contribution in [-0.2, 0) is 0 Å². The molecule has 0 aliphatic carbocycles. The van der Waals surface area contributed by atoms with Crippen LogP contribution in [0.25, 0.3) is 0 Å². The Morgan fingerprint density at radius 2 is 2.14 bits per heavy atom. The van der Waals surface area contributed by atoms with Gasteiger partial charge in [0.1, 0.15) is 0 Å². The van der Waals surface area contributed by atoms with Gasteiger partial charge >= 0.3 is 0 Å². The molecule has 1 unspecified atom stereocenters. The maximum absolute atomic E-state index is 12.5. The lowest BCUT2D eigenvalue weighted by Gasteiger charge is -2.32. The number of carbonyl (C=O) groups excluding carboxylic acids is 1. The molecule has 0 radical (unpaired) electrons. The molecule has 4 heteroatoms. The first-order valence-electron chi connectivity index (χ1n) is 8.10. The Hall–Kier alpha value is -1.55. The maximum Gasteiger partial charge on any atom is 0.253 e. The molecular weight excluding hydrogens is 262 g/mol. The Morgan fingerprint density at radius 1 is 1.33 bits per heavy atom. The highest BCUT2D eigenvalue weighted by Crippen LogP contribution is 2.16. The fraction of sp³-hybridized carbons (Fsp3) is 0.588. The Bertz CT molecular complexity index is 461. The summed E-state index contributed by atoms with van der Waals surface area (Å²) in [5, 5.41) is 6.53. The first-order valence-corrected chi connectivity index (χ1v) is 8.10. The van der Waals surface area contributed by atoms with Crippen LogP contribution in [-0.4, -0.2) is 43.0 Å². The van der Waals surface area contributed by atoms with Gasteiger partial charge in [0.05, 0.1) is 5.56 Å². The monoisotopic (exact) mass is 289 g/mol. The van der Waals surface area contributed by atoms with Crippen molar-refractivity contribution in [1.29, 1.82) is 0 Å². The predicted octanol–water partition coefficient (Wildman–Crippen LogP) is 2.72. The van der Waals surface area contributed by atoms with Crippen molar-refractivity contribution in [2.75, 3.05) is 31.5 Å². The van der Waals surface area contributed by atoms with E-state index in [2.05, 4.69) is 29.4 Å². The zero-order chi connectivity index (χ0) is 15.1. The standard InChI is InChI=1S/C17H27N3O/c1-3-11-18-16-10-6-5-9-15(16)17(21)19-14-8-7-12-20(4-2)13-14/h5-6,9-10,14,18H,3-4,7-8,11-13H2,1-2H3,(H,19,21). The Kier molecular flexibility index (Phi) is 6.05. The third-order valence-corrected chi connectivity index (χ3v) is 4.03. The molecule has 1 aliphatic rings. The highest BCUT2D eigenvalue weighted by Gasteiger charge is 2.21. The molecule has 2 rings (SSSR count). The van der Waals surface area contributed by atoms with Crippen LogP contribution < -0.4 is 10.6 Å². The van der Waals surface area contributed by atoms with Crippen LogP contribution in [0.2, 0.25) is 0 Å². The van der Waals surface area contributed by atoms with Gasteiger partial charge in [-0.1, -0.05) is 26.0 Å². The lowest BCUT2D eigenvalue weighted by molar-refractivity contribution is 0.0906. The summed E-state index contributed by atoms with van der Waals surface area (Å²) in [4.78, 5) is 14.9. The van der Waals surface area contributed by atoms with Crippen LogP contribution in [0.5, 0.6) is 0 Å². The molecule has 0 bridgehead atoms. The third-order valence-electron chi connectivity index (χ3n) is 4.03. The van der Waals surface area contributed by atoms with Crippen molar-refractivity contribution >= 4 is 11.6 Å². The second kappa shape index (κ2) is 8.03. The molecule has 1 fully saturated rings. The molecule has 0 saturated carbocycles. The molecule has 0 aromatic heterocycles. The topological polar surface area (TPSA) is 44.4 Å². The van der Waals surface area contributed by atoms with Gasteiger partial charge in [-0.3, -0.25) is 4.79 Å². The SMILES string of the molecule is CCCNc1ccccc1C(=O)NC1CCCN(CC)C1. The molecule has 1 heterocycles. The number of likely N-dealkylation sites (N-methyl/N-ethyl adjacent to an activating group) is 1. The average Bonchev–Trinajstić information content (AvgIpc) is 2.53. The zero-order valence-corrected chi connectivity index (χ0v) is 13.2. The van der Waals surface area contributed by atoms with Gasteiger partial charge in [-0.15, -0.1) is 0 Å². The van der Waals surface area contributed by atoms with Crippen molar-refractivity contribution < 1.29 is 4.79 Å². The van der Waals surface area contributed by atoms with E-state index in [9.17, 15) is 4.79 Å². The highest BCUT2D eigenvalue weighted by atomic mass is 16.1. The minimum absolute atomic E-state index is 0.0390. The van der Waals surface area contributed by atoms with Crippen LogP contribution in [0, 0.1) is 0 Å². The first-order chi connectivity index (χ1) is 10.2. The smallest absolute Gasteiger partial charge is 0.253 e. The van der Waals surface area contributed by atoms with Crippen LogP contribution in [0.1, 0.15) is 43.5 Å². The predicted molar refractivity (Wildman–Crippen MR) is 87.8 cm³/mol. The van der Waals surface area contributed by atoms with Crippen LogP contribution in [0.4, 0.5) is 5.69 Å². The number of hydrogen-bond acceptors (Lipinski definition) is 3. The van der Waals surface area contributed by atoms with E-state index in [-0.39, 0.29) is 11.9 Å². The zero-order valence-electron chi connectivity index (χ0n) is 13.2. The molecule has 1 aromatic carbocycles. The molecule has 1 atom stereocenters. The molecule has 21 heavy (non-hydrogen) atoms. The van der Waals surface area contributed by atoms with Gasteiger partial charge in [0.2, 0.25) is 0 Å². The summed E-state index contributed by atoms with van der Waals surface area (Å²) in [5.41, 5.74) is 1.68. The summed E-state index contributed by atoms with van der Waals surface area (Å²) in [7, 11) is 0. The number of carbonyl (C=O) groups is 1. The average molecular weight is 289 g/mol. The normalized spacial score (nSPS) is 19.2. The number of benzene rings is 1. The number of nitrogens with one attached hydrogen (secondary N) is 2. The van der Waals surface area contributed by atoms with E-state index < -0.39 is 0 Å². The summed E-state index contributed by atoms with van der Waals surface area (Å²) >= 11 is 0. The van der Waals surface area contributed by atoms with Gasteiger partial charge in [-0.25, -0.2) is 0 Å². The molecule has 1 aromatic rings. The van der Waals surface area contributed by atoms with Crippen LogP contribution in [0.3, 0.4) is 0 Å². The molecule has 2 N–H and O–H groups in total. The third kappa shape index (κ3) is 4.46. The molecule has 1 amide bonds. The maximum atomic E-state index is 12.5. The number of rotatable bonds is 6. The van der Waals surface area contributed by atoms with E-state index in [0.717, 1.165) is 56.7 Å². The van der Waals surface area contributed by atoms with Crippen LogP contribution in [0.15, 0.2) is 24.3 Å². The summed E-state index contributed by atoms with van der Waals surface area (Å²) in [6.45, 7) is 8.36. The van der Waals surface area contributed by atoms with E-state index in [0.29, 0.717) is 0 Å². The number of likely N-dealkylation sites (tertiary alicyclic amines) is 1. The van der Waals surface area contributed by atoms with E-state index in [1.165, 1.54) is 0 Å². The van der Waals surface area contributed by atoms with Crippen molar-refractivity contribution in [3.05, 3.63) is 29.8 Å². The molecule has 4 nitrogen and oxygen atoms in total. The van der Waals surface area contributed by atoms with Crippen molar-refractivity contribution in [1.82, 2.24) is 10.2 Å². The number of nitrogens with zero attached hydrogens (tertiary/aromatic N) is 1. The fourth-order valence-corrected chi connectivity index (χ4v) is 2.82. The van der Waals surface area contributed by atoms with Gasteiger partial charge in [0.15, 0.2) is 0 Å². The quantitative estimate of drug-likeness (QED) is 0.846. The van der Waals surface area contributed by atoms with E-state index in [1.807, 2.05) is 24.3 Å². The number of anilines is 1. The van der Waals surface area contributed by atoms with Gasteiger partial charge < -0.3 is 15.5 Å². The van der Waals surface area contributed by atoms with Crippen molar-refractivity contribution in [3.63, 3.8) is 0 Å². The molecule has 1 aliphatic heterocycles. The lowest BCUT2D eigenvalue weighted by atomic mass is 10.0. The second-order valence-electron chi connectivity index (χ2n) is 5.68. The Labute approximate surface area is 127 Å². The van der Waals surface area contributed by atoms with Crippen molar-refractivity contribution in [3.8, 4) is 0 Å². The molecular formula is C17H27N3O. The Morgan fingerprint density at radius 3 is 2.90 bits per heavy atom. The first kappa shape index (κ1) is 15.8. The second-order valence-corrected chi connectivity index (χ2v) is 5.68. The summed E-state index contributed by atoms with van der Waals surface area (Å²) in [5.74, 6) is 0.0390. The lowest BCUT2D eigenvalue weighted by Crippen LogP contribution is -2.47. The fourth-order valence-electron chi connectivity index (χ4n) is 2.82. The minimum atomic E-state index is 0.0390. The summed E-state index contributed by atoms with van der Waals surface area (Å²) in [6, 6.07) is 8.03. The van der Waals surface area contributed by atoms with Crippen molar-refractivity contribution in [2.24, 2.45) is 0 Å². The highest BCUT2D eigenvalue weighted by molar-refractivity contribution is 5.99. The molecule has 0 spiro atoms. The number of hydrogen-bond donors (Lipinski definition) is 2. The number of amides is 1. The van der Waals surface area contributed by atoms with Crippen LogP contribution >= 0.6 is 0 Å². The van der Waals surface area contributed by atoms with Crippen molar-refractivity contribution in [2.45, 2.75) is 39.2 Å². The van der Waals surface area contributed by atoms with Gasteiger partial charge in [0.25, 0.3) is 5.91 Å². The number of piperidine rings is 1. The molecule has 1 saturated heterocycles. The summed E-state index contributed by atoms with van der Waals surface area (Å²) in [6.07, 6.45) is 3.28. The Balaban J connectivity index is 1.99. The van der Waals surface area contributed by atoms with Gasteiger partial charge in [0, 0.05) is 24.8 Å². The van der Waals surface area contributed by atoms with E-state index >= 15 is 0 Å².